The summed E-state index contributed by atoms with van der Waals surface area (Å²) in [5, 5.41) is 11.9. The van der Waals surface area contributed by atoms with Crippen LogP contribution in [0, 0.1) is 29.1 Å². The topological polar surface area (TPSA) is 48.2 Å². The first kappa shape index (κ1) is 9.07. The van der Waals surface area contributed by atoms with Crippen molar-refractivity contribution in [2.75, 3.05) is 0 Å². The van der Waals surface area contributed by atoms with Gasteiger partial charge in [0.1, 0.15) is 12.3 Å². The van der Waals surface area contributed by atoms with E-state index in [9.17, 15) is 8.78 Å². The number of nitrogens with one attached hydrogen (secondary N) is 2. The number of hydrazone groups is 1. The van der Waals surface area contributed by atoms with Gasteiger partial charge in [-0.1, -0.05) is 0 Å². The molecule has 0 aromatic heterocycles. The van der Waals surface area contributed by atoms with Crippen LogP contribution in [0.25, 0.3) is 0 Å². The molecule has 6 rings (SSSR count). The van der Waals surface area contributed by atoms with Crippen LogP contribution in [0.1, 0.15) is 12.8 Å². The van der Waals surface area contributed by atoms with E-state index in [1.54, 1.807) is 0 Å². The average molecular weight is 225 g/mol. The average Bonchev–Trinajstić information content (AvgIpc) is 2.37. The molecule has 6 unspecified atom stereocenters. The van der Waals surface area contributed by atoms with Crippen molar-refractivity contribution in [1.82, 2.24) is 5.43 Å². The molecule has 2 N–H and O–H groups in total. The predicted octanol–water partition coefficient (Wildman–Crippen LogP) is 1.30. The van der Waals surface area contributed by atoms with E-state index in [-0.39, 0.29) is 23.8 Å². The lowest BCUT2D eigenvalue weighted by atomic mass is 9.64. The van der Waals surface area contributed by atoms with Gasteiger partial charge in [0.2, 0.25) is 0 Å². The Bertz CT molecular complexity index is 408. The minimum atomic E-state index is -1.08. The second-order valence-electron chi connectivity index (χ2n) is 5.47. The minimum absolute atomic E-state index is 0.0948. The maximum absolute atomic E-state index is 14.3. The lowest BCUT2D eigenvalue weighted by Gasteiger charge is -2.48. The second-order valence-corrected chi connectivity index (χ2v) is 5.47. The fourth-order valence-electron chi connectivity index (χ4n) is 4.09. The Morgan fingerprint density at radius 3 is 2.81 bits per heavy atom. The van der Waals surface area contributed by atoms with Crippen molar-refractivity contribution < 1.29 is 8.78 Å². The summed E-state index contributed by atoms with van der Waals surface area (Å²) in [6, 6.07) is -0.0948. The SMILES string of the molecule is N=C1C[C@@H]2CC3C4=NNC4C(C1C3F)C2F. The predicted molar refractivity (Wildman–Crippen MR) is 55.1 cm³/mol. The van der Waals surface area contributed by atoms with Crippen LogP contribution in [0.4, 0.5) is 8.78 Å². The number of hydrogen-bond donors (Lipinski definition) is 2. The van der Waals surface area contributed by atoms with Gasteiger partial charge in [-0.3, -0.25) is 0 Å². The molecule has 6 aliphatic rings. The molecule has 16 heavy (non-hydrogen) atoms. The first-order valence-corrected chi connectivity index (χ1v) is 5.87. The third-order valence-corrected chi connectivity index (χ3v) is 4.82. The highest BCUT2D eigenvalue weighted by molar-refractivity contribution is 6.00. The van der Waals surface area contributed by atoms with E-state index in [0.29, 0.717) is 18.6 Å². The first-order chi connectivity index (χ1) is 7.68. The zero-order chi connectivity index (χ0) is 11.0. The zero-order valence-corrected chi connectivity index (χ0v) is 8.66. The number of hydrogen-bond acceptors (Lipinski definition) is 3. The summed E-state index contributed by atoms with van der Waals surface area (Å²) in [5.74, 6) is -1.28. The van der Waals surface area contributed by atoms with Gasteiger partial charge in [0.25, 0.3) is 0 Å². The Morgan fingerprint density at radius 2 is 2.12 bits per heavy atom. The first-order valence-electron chi connectivity index (χ1n) is 5.87. The van der Waals surface area contributed by atoms with Crippen LogP contribution in [-0.4, -0.2) is 29.8 Å². The molecule has 5 aliphatic carbocycles. The van der Waals surface area contributed by atoms with Crippen molar-refractivity contribution in [2.24, 2.45) is 28.8 Å². The van der Waals surface area contributed by atoms with E-state index in [1.807, 2.05) is 0 Å². The van der Waals surface area contributed by atoms with Gasteiger partial charge in [0, 0.05) is 23.5 Å². The number of halogens is 2. The molecule has 0 aromatic carbocycles. The Balaban J connectivity index is 1.90. The van der Waals surface area contributed by atoms with Crippen molar-refractivity contribution in [1.29, 1.82) is 5.41 Å². The maximum atomic E-state index is 14.3. The Labute approximate surface area is 91.8 Å². The number of fused-ring (bicyclic) bond motifs is 1. The molecule has 5 saturated carbocycles. The van der Waals surface area contributed by atoms with Crippen molar-refractivity contribution in [3.63, 3.8) is 0 Å². The Morgan fingerprint density at radius 1 is 1.31 bits per heavy atom. The largest absolute Gasteiger partial charge is 0.309 e. The third kappa shape index (κ3) is 0.812. The number of rotatable bonds is 0. The van der Waals surface area contributed by atoms with Crippen LogP contribution < -0.4 is 5.43 Å². The number of alkyl halides is 2. The Hall–Kier alpha value is -1.00. The van der Waals surface area contributed by atoms with E-state index in [4.69, 9.17) is 5.41 Å². The van der Waals surface area contributed by atoms with Crippen LogP contribution in [0.2, 0.25) is 0 Å². The molecule has 5 fully saturated rings. The molecule has 0 radical (unpaired) electrons. The van der Waals surface area contributed by atoms with Crippen LogP contribution in [0.3, 0.4) is 0 Å². The van der Waals surface area contributed by atoms with Crippen LogP contribution in [0.15, 0.2) is 5.10 Å². The second kappa shape index (κ2) is 2.63. The van der Waals surface area contributed by atoms with Gasteiger partial charge in [0.05, 0.1) is 11.8 Å². The maximum Gasteiger partial charge on any atom is 0.117 e. The minimum Gasteiger partial charge on any atom is -0.309 e. The van der Waals surface area contributed by atoms with E-state index < -0.39 is 18.3 Å². The fourth-order valence-corrected chi connectivity index (χ4v) is 4.09. The monoisotopic (exact) mass is 225 g/mol. The summed E-state index contributed by atoms with van der Waals surface area (Å²) in [6.45, 7) is 0. The summed E-state index contributed by atoms with van der Waals surface area (Å²) in [7, 11) is 0. The smallest absolute Gasteiger partial charge is 0.117 e. The van der Waals surface area contributed by atoms with E-state index in [2.05, 4.69) is 10.5 Å². The van der Waals surface area contributed by atoms with Crippen molar-refractivity contribution in [3.8, 4) is 0 Å². The quantitative estimate of drug-likeness (QED) is 0.641. The lowest BCUT2D eigenvalue weighted by Crippen LogP contribution is -2.64. The van der Waals surface area contributed by atoms with E-state index in [0.717, 1.165) is 5.71 Å². The van der Waals surface area contributed by atoms with Crippen LogP contribution in [0.5, 0.6) is 0 Å². The summed E-state index contributed by atoms with van der Waals surface area (Å²) in [6.07, 6.45) is -1.07. The van der Waals surface area contributed by atoms with Gasteiger partial charge >= 0.3 is 0 Å². The molecule has 0 amide bonds. The summed E-state index contributed by atoms with van der Waals surface area (Å²) < 4.78 is 28.6. The Kier molecular flexibility index (Phi) is 1.49. The van der Waals surface area contributed by atoms with Gasteiger partial charge in [0.15, 0.2) is 0 Å². The summed E-state index contributed by atoms with van der Waals surface area (Å²) in [4.78, 5) is 0. The van der Waals surface area contributed by atoms with Crippen LogP contribution in [-0.2, 0) is 0 Å². The molecular formula is C11H13F2N3. The standard InChI is InChI=1S/C11H13F2N3/c12-8-3-1-4-9(13)6(5(14)2-3)7(8)11-10(4)15-16-11/h3-4,6-9,11,14,16H,1-2H2/t3-,4?,6?,7?,8?,9?,11?/m0/s1. The molecule has 0 aromatic rings. The van der Waals surface area contributed by atoms with Gasteiger partial charge in [-0.05, 0) is 18.8 Å². The third-order valence-electron chi connectivity index (χ3n) is 4.82. The van der Waals surface area contributed by atoms with Crippen LogP contribution >= 0.6 is 0 Å². The van der Waals surface area contributed by atoms with Gasteiger partial charge in [-0.15, -0.1) is 0 Å². The molecule has 5 heteroatoms. The highest BCUT2D eigenvalue weighted by Gasteiger charge is 2.63. The lowest BCUT2D eigenvalue weighted by molar-refractivity contribution is 0.0709. The molecular weight excluding hydrogens is 212 g/mol. The molecule has 7 atom stereocenters. The fraction of sp³-hybridized carbons (Fsp3) is 0.818. The molecule has 0 spiro atoms. The van der Waals surface area contributed by atoms with Gasteiger partial charge in [-0.2, -0.15) is 5.10 Å². The molecule has 1 aliphatic heterocycles. The molecule has 0 saturated heterocycles. The highest BCUT2D eigenvalue weighted by Crippen LogP contribution is 2.53. The zero-order valence-electron chi connectivity index (χ0n) is 8.66. The molecule has 4 bridgehead atoms. The molecule has 86 valence electrons. The highest BCUT2D eigenvalue weighted by atomic mass is 19.1. The molecule has 1 heterocycles. The van der Waals surface area contributed by atoms with E-state index >= 15 is 0 Å². The van der Waals surface area contributed by atoms with Crippen molar-refractivity contribution in [3.05, 3.63) is 0 Å². The van der Waals surface area contributed by atoms with Gasteiger partial charge in [-0.25, -0.2) is 8.78 Å². The van der Waals surface area contributed by atoms with Crippen molar-refractivity contribution in [2.45, 2.75) is 31.2 Å². The molecule has 3 nitrogen and oxygen atoms in total. The van der Waals surface area contributed by atoms with Gasteiger partial charge < -0.3 is 10.8 Å². The summed E-state index contributed by atoms with van der Waals surface area (Å²) >= 11 is 0. The normalized spacial score (nSPS) is 57.2. The number of nitrogens with zero attached hydrogens (tertiary/aromatic N) is 1. The summed E-state index contributed by atoms with van der Waals surface area (Å²) in [5.41, 5.74) is 4.11. The van der Waals surface area contributed by atoms with Crippen molar-refractivity contribution >= 4 is 11.4 Å². The van der Waals surface area contributed by atoms with E-state index in [1.165, 1.54) is 0 Å².